The molecule has 3 heteroatoms. The van der Waals surface area contributed by atoms with E-state index < -0.39 is 0 Å². The number of hydrogen-bond donors (Lipinski definition) is 0. The molecule has 3 aliphatic heterocycles. The van der Waals surface area contributed by atoms with Crippen LogP contribution in [0.15, 0.2) is 184 Å². The quantitative estimate of drug-likeness (QED) is 0.192. The molecule has 7 aliphatic rings. The van der Waals surface area contributed by atoms with Crippen molar-refractivity contribution in [1.82, 2.24) is 0 Å². The molecular weight excluding hydrogens is 691 g/mol. The predicted molar refractivity (Wildman–Crippen MR) is 229 cm³/mol. The van der Waals surface area contributed by atoms with E-state index >= 15 is 0 Å². The summed E-state index contributed by atoms with van der Waals surface area (Å²) in [6.07, 6.45) is 32.4. The van der Waals surface area contributed by atoms with Crippen molar-refractivity contribution in [3.05, 3.63) is 202 Å². The van der Waals surface area contributed by atoms with Crippen molar-refractivity contribution in [2.75, 3.05) is 4.90 Å². The van der Waals surface area contributed by atoms with Crippen LogP contribution in [0.5, 0.6) is 0 Å². The molecule has 0 aromatic heterocycles. The van der Waals surface area contributed by atoms with E-state index in [1.54, 1.807) is 27.2 Å². The molecule has 0 spiro atoms. The lowest BCUT2D eigenvalue weighted by molar-refractivity contribution is 0.550. The Kier molecular flexibility index (Phi) is 7.99. The summed E-state index contributed by atoms with van der Waals surface area (Å²) in [4.78, 5) is 7.07. The highest BCUT2D eigenvalue weighted by Gasteiger charge is 2.47. The van der Waals surface area contributed by atoms with Crippen LogP contribution in [0.2, 0.25) is 0 Å². The van der Waals surface area contributed by atoms with Crippen LogP contribution in [-0.2, 0) is 5.41 Å². The van der Waals surface area contributed by atoms with Crippen LogP contribution in [0, 0.1) is 5.92 Å². The Bertz CT molecular complexity index is 2390. The molecular formula is C51H45NS2. The van der Waals surface area contributed by atoms with Crippen molar-refractivity contribution in [3.8, 4) is 0 Å². The highest BCUT2D eigenvalue weighted by atomic mass is 32.2. The molecule has 0 amide bonds. The molecule has 0 N–H and O–H groups in total. The van der Waals surface area contributed by atoms with Gasteiger partial charge in [0.1, 0.15) is 0 Å². The van der Waals surface area contributed by atoms with Crippen molar-refractivity contribution < 1.29 is 0 Å². The minimum Gasteiger partial charge on any atom is -0.333 e. The molecule has 11 rings (SSSR count). The minimum atomic E-state index is -0.0582. The summed E-state index contributed by atoms with van der Waals surface area (Å²) in [6, 6.07) is 35.2. The van der Waals surface area contributed by atoms with Crippen molar-refractivity contribution >= 4 is 34.9 Å². The molecule has 7 atom stereocenters. The van der Waals surface area contributed by atoms with E-state index in [0.717, 1.165) is 12.8 Å². The summed E-state index contributed by atoms with van der Waals surface area (Å²) >= 11 is 4.15. The Morgan fingerprint density at radius 3 is 2.54 bits per heavy atom. The van der Waals surface area contributed by atoms with E-state index in [2.05, 4.69) is 181 Å². The van der Waals surface area contributed by atoms with Gasteiger partial charge in [0.15, 0.2) is 0 Å². The first-order valence-electron chi connectivity index (χ1n) is 20.0. The van der Waals surface area contributed by atoms with E-state index in [4.69, 9.17) is 0 Å². The number of nitrogens with zero attached hydrogens (tertiary/aromatic N) is 1. The SMILES string of the molecule is CC12C=CC=CC1N(c1ccccc1)c1cc(C3C=CC4=C(C3)SC3CC=CC=C3C4C3c4ccccc4Sc4cccc([C@H]5C=CCCC5)c43)ccc12. The molecule has 4 aromatic rings. The first-order valence-corrected chi connectivity index (χ1v) is 21.7. The van der Waals surface area contributed by atoms with E-state index in [0.29, 0.717) is 28.9 Å². The minimum absolute atomic E-state index is 0.0582. The Balaban J connectivity index is 1.02. The zero-order valence-electron chi connectivity index (χ0n) is 30.8. The molecule has 266 valence electrons. The van der Waals surface area contributed by atoms with Crippen LogP contribution in [0.3, 0.4) is 0 Å². The topological polar surface area (TPSA) is 3.24 Å². The van der Waals surface area contributed by atoms with E-state index in [-0.39, 0.29) is 11.5 Å². The summed E-state index contributed by atoms with van der Waals surface area (Å²) in [5.74, 6) is 1.44. The Hall–Kier alpha value is -4.44. The fourth-order valence-corrected chi connectivity index (χ4v) is 13.4. The molecule has 54 heavy (non-hydrogen) atoms. The number of para-hydroxylation sites is 1. The Labute approximate surface area is 329 Å². The van der Waals surface area contributed by atoms with Crippen molar-refractivity contribution in [2.24, 2.45) is 5.92 Å². The average molecular weight is 736 g/mol. The lowest BCUT2D eigenvalue weighted by atomic mass is 9.67. The van der Waals surface area contributed by atoms with Crippen LogP contribution < -0.4 is 4.90 Å². The summed E-state index contributed by atoms with van der Waals surface area (Å²) in [5, 5.41) is 0.480. The molecule has 6 unspecified atom stereocenters. The van der Waals surface area contributed by atoms with Gasteiger partial charge >= 0.3 is 0 Å². The lowest BCUT2D eigenvalue weighted by Gasteiger charge is -2.45. The zero-order valence-corrected chi connectivity index (χ0v) is 32.4. The molecule has 0 radical (unpaired) electrons. The molecule has 0 saturated carbocycles. The first kappa shape index (κ1) is 32.9. The van der Waals surface area contributed by atoms with Gasteiger partial charge in [-0.2, -0.15) is 0 Å². The molecule has 4 aliphatic carbocycles. The largest absolute Gasteiger partial charge is 0.333 e. The van der Waals surface area contributed by atoms with Gasteiger partial charge in [0, 0.05) is 55.5 Å². The zero-order chi connectivity index (χ0) is 35.8. The Morgan fingerprint density at radius 2 is 1.63 bits per heavy atom. The second-order valence-corrected chi connectivity index (χ2v) is 18.6. The molecule has 1 nitrogen and oxygen atoms in total. The summed E-state index contributed by atoms with van der Waals surface area (Å²) in [6.45, 7) is 2.41. The van der Waals surface area contributed by atoms with Gasteiger partial charge in [-0.15, -0.1) is 11.8 Å². The second-order valence-electron chi connectivity index (χ2n) is 16.3. The van der Waals surface area contributed by atoms with Crippen LogP contribution in [0.1, 0.15) is 84.6 Å². The highest BCUT2D eigenvalue weighted by molar-refractivity contribution is 8.04. The van der Waals surface area contributed by atoms with Gasteiger partial charge in [0.05, 0.1) is 6.04 Å². The fraction of sp³-hybridized carbons (Fsp3) is 0.255. The average Bonchev–Trinajstić information content (AvgIpc) is 3.50. The first-order chi connectivity index (χ1) is 26.7. The molecule has 4 aromatic carbocycles. The number of hydrogen-bond acceptors (Lipinski definition) is 3. The monoisotopic (exact) mass is 735 g/mol. The van der Waals surface area contributed by atoms with Crippen LogP contribution in [0.4, 0.5) is 11.4 Å². The van der Waals surface area contributed by atoms with Gasteiger partial charge in [-0.25, -0.2) is 0 Å². The smallest absolute Gasteiger partial charge is 0.0655 e. The van der Waals surface area contributed by atoms with Crippen molar-refractivity contribution in [3.63, 3.8) is 0 Å². The normalized spacial score (nSPS) is 29.9. The number of allylic oxidation sites excluding steroid dienone is 11. The third kappa shape index (κ3) is 5.15. The summed E-state index contributed by atoms with van der Waals surface area (Å²) in [5.41, 5.74) is 13.2. The van der Waals surface area contributed by atoms with Crippen LogP contribution in [0.25, 0.3) is 0 Å². The Morgan fingerprint density at radius 1 is 0.759 bits per heavy atom. The standard InChI is InChI=1S/C51H45NS2/c1-51-30-13-12-25-47(51)52(36-17-6-3-7-18-36)42-31-34(27-29-41(42)51)35-26-28-40-46(32-35)54-43-22-10-8-19-38(43)48(40)50-39-20-9-11-23-44(39)53-45-24-14-21-37(49(45)50)33-15-4-2-5-16-33/h3-4,6-15,17-21,23-31,33,35,43,47-48,50H,2,5,16,22,32H2,1H3/t33-,35?,43?,47?,48?,50?,51?/m0/s1. The second kappa shape index (κ2) is 13.1. The fourth-order valence-electron chi connectivity index (χ4n) is 10.7. The van der Waals surface area contributed by atoms with Gasteiger partial charge in [-0.3, -0.25) is 0 Å². The van der Waals surface area contributed by atoms with E-state index in [1.807, 2.05) is 11.8 Å². The third-order valence-electron chi connectivity index (χ3n) is 13.3. The number of anilines is 2. The van der Waals surface area contributed by atoms with Crippen molar-refractivity contribution in [1.29, 1.82) is 0 Å². The summed E-state index contributed by atoms with van der Waals surface area (Å²) < 4.78 is 0. The summed E-state index contributed by atoms with van der Waals surface area (Å²) in [7, 11) is 0. The maximum absolute atomic E-state index is 2.59. The van der Waals surface area contributed by atoms with Gasteiger partial charge in [0.25, 0.3) is 0 Å². The van der Waals surface area contributed by atoms with Crippen molar-refractivity contribution in [2.45, 2.75) is 83.3 Å². The highest BCUT2D eigenvalue weighted by Crippen LogP contribution is 2.61. The number of rotatable bonds is 4. The van der Waals surface area contributed by atoms with Gasteiger partial charge in [0.2, 0.25) is 0 Å². The number of thioether (sulfide) groups is 1. The van der Waals surface area contributed by atoms with Gasteiger partial charge in [-0.1, -0.05) is 139 Å². The maximum atomic E-state index is 2.59. The third-order valence-corrected chi connectivity index (χ3v) is 15.9. The molecule has 0 saturated heterocycles. The predicted octanol–water partition coefficient (Wildman–Crippen LogP) is 13.6. The van der Waals surface area contributed by atoms with Gasteiger partial charge in [-0.05, 0) is 113 Å². The maximum Gasteiger partial charge on any atom is 0.0655 e. The van der Waals surface area contributed by atoms with Gasteiger partial charge < -0.3 is 4.90 Å². The van der Waals surface area contributed by atoms with Crippen LogP contribution in [-0.4, -0.2) is 11.3 Å². The number of fused-ring (bicyclic) bond motifs is 6. The molecule has 0 bridgehead atoms. The molecule has 3 heterocycles. The molecule has 0 fully saturated rings. The van der Waals surface area contributed by atoms with E-state index in [1.165, 1.54) is 57.1 Å². The van der Waals surface area contributed by atoms with Crippen LogP contribution >= 0.6 is 23.5 Å². The van der Waals surface area contributed by atoms with E-state index in [9.17, 15) is 0 Å². The lowest BCUT2D eigenvalue weighted by Crippen LogP contribution is -2.39. The number of benzene rings is 4.